The van der Waals surface area contributed by atoms with Crippen molar-refractivity contribution in [1.29, 1.82) is 0 Å². The van der Waals surface area contributed by atoms with Crippen LogP contribution in [-0.2, 0) is 0 Å². The Morgan fingerprint density at radius 2 is 2.27 bits per heavy atom. The zero-order valence-corrected chi connectivity index (χ0v) is 9.34. The maximum atomic E-state index is 4.55. The van der Waals surface area contributed by atoms with Gasteiger partial charge in [0, 0.05) is 18.0 Å². The first-order valence-corrected chi connectivity index (χ1v) is 5.91. The molecule has 1 aliphatic heterocycles. The first-order chi connectivity index (χ1) is 7.34. The summed E-state index contributed by atoms with van der Waals surface area (Å²) < 4.78 is 5.82. The van der Waals surface area contributed by atoms with E-state index in [-0.39, 0.29) is 0 Å². The second-order valence-electron chi connectivity index (χ2n) is 3.89. The molecular weight excluding hydrogens is 204 g/mol. The molecule has 1 aromatic carbocycles. The van der Waals surface area contributed by atoms with E-state index < -0.39 is 0 Å². The molecule has 0 amide bonds. The van der Waals surface area contributed by atoms with Gasteiger partial charge in [-0.15, -0.1) is 0 Å². The summed E-state index contributed by atoms with van der Waals surface area (Å²) in [5.41, 5.74) is 2.49. The Labute approximate surface area is 92.8 Å². The smallest absolute Gasteiger partial charge is 0.0889 e. The van der Waals surface area contributed by atoms with Gasteiger partial charge in [0.2, 0.25) is 0 Å². The van der Waals surface area contributed by atoms with Gasteiger partial charge in [-0.1, -0.05) is 24.3 Å². The maximum Gasteiger partial charge on any atom is 0.0889 e. The quantitative estimate of drug-likeness (QED) is 0.792. The average Bonchev–Trinajstić information content (AvgIpc) is 2.83. The molecule has 0 bridgehead atoms. The highest BCUT2D eigenvalue weighted by Gasteiger charge is 2.16. The molecule has 0 saturated heterocycles. The molecule has 15 heavy (non-hydrogen) atoms. The van der Waals surface area contributed by atoms with E-state index in [1.54, 1.807) is 11.5 Å². The van der Waals surface area contributed by atoms with Gasteiger partial charge in [-0.05, 0) is 30.1 Å². The predicted octanol–water partition coefficient (Wildman–Crippen LogP) is 2.67. The van der Waals surface area contributed by atoms with Gasteiger partial charge < -0.3 is 5.32 Å². The van der Waals surface area contributed by atoms with Crippen LogP contribution in [0.4, 0.5) is 0 Å². The van der Waals surface area contributed by atoms with Crippen LogP contribution >= 0.6 is 11.5 Å². The van der Waals surface area contributed by atoms with Gasteiger partial charge in [-0.25, -0.2) is 0 Å². The number of benzene rings is 1. The minimum absolute atomic E-state index is 0.473. The van der Waals surface area contributed by atoms with E-state index >= 15 is 0 Å². The van der Waals surface area contributed by atoms with Gasteiger partial charge in [-0.3, -0.25) is 0 Å². The van der Waals surface area contributed by atoms with Crippen LogP contribution in [0, 0.1) is 0 Å². The second-order valence-corrected chi connectivity index (χ2v) is 4.69. The van der Waals surface area contributed by atoms with Gasteiger partial charge in [0.15, 0.2) is 0 Å². The van der Waals surface area contributed by atoms with E-state index in [9.17, 15) is 0 Å². The van der Waals surface area contributed by atoms with Gasteiger partial charge in [-0.2, -0.15) is 4.37 Å². The molecule has 76 valence electrons. The van der Waals surface area contributed by atoms with E-state index in [0.29, 0.717) is 6.04 Å². The summed E-state index contributed by atoms with van der Waals surface area (Å²) in [4.78, 5) is 0. The van der Waals surface area contributed by atoms with E-state index in [1.807, 2.05) is 0 Å². The minimum atomic E-state index is 0.473. The second kappa shape index (κ2) is 3.43. The lowest BCUT2D eigenvalue weighted by atomic mass is 10.1. The topological polar surface area (TPSA) is 24.9 Å². The van der Waals surface area contributed by atoms with Crippen molar-refractivity contribution in [2.24, 2.45) is 0 Å². The average molecular weight is 216 g/mol. The number of aromatic nitrogens is 1. The van der Waals surface area contributed by atoms with Gasteiger partial charge in [0.1, 0.15) is 0 Å². The Morgan fingerprint density at radius 1 is 1.40 bits per heavy atom. The van der Waals surface area contributed by atoms with E-state index in [4.69, 9.17) is 0 Å². The normalized spacial score (nSPS) is 20.9. The minimum Gasteiger partial charge on any atom is -0.307 e. The number of hydrogen-bond donors (Lipinski definition) is 1. The summed E-state index contributed by atoms with van der Waals surface area (Å²) in [6, 6.07) is 8.89. The van der Waals surface area contributed by atoms with Crippen molar-refractivity contribution in [2.45, 2.75) is 13.0 Å². The van der Waals surface area contributed by atoms with Crippen LogP contribution in [0.25, 0.3) is 15.7 Å². The van der Waals surface area contributed by atoms with Gasteiger partial charge in [0.05, 0.1) is 10.4 Å². The SMILES string of the molecule is C[C@@H]1C=C(c2nsc3ccccc23)CN1. The molecule has 0 aliphatic carbocycles. The van der Waals surface area contributed by atoms with Crippen molar-refractivity contribution in [1.82, 2.24) is 9.69 Å². The number of fused-ring (bicyclic) bond motifs is 1. The molecule has 3 heteroatoms. The van der Waals surface area contributed by atoms with Crippen molar-refractivity contribution in [3.05, 3.63) is 36.0 Å². The van der Waals surface area contributed by atoms with Gasteiger partial charge >= 0.3 is 0 Å². The van der Waals surface area contributed by atoms with Crippen LogP contribution in [-0.4, -0.2) is 17.0 Å². The third kappa shape index (κ3) is 1.48. The molecule has 2 aromatic rings. The zero-order chi connectivity index (χ0) is 10.3. The molecule has 0 radical (unpaired) electrons. The number of nitrogens with one attached hydrogen (secondary N) is 1. The van der Waals surface area contributed by atoms with Crippen LogP contribution in [0.15, 0.2) is 30.3 Å². The lowest BCUT2D eigenvalue weighted by Gasteiger charge is -1.97. The van der Waals surface area contributed by atoms with Crippen molar-refractivity contribution in [3.8, 4) is 0 Å². The van der Waals surface area contributed by atoms with Crippen LogP contribution in [0.5, 0.6) is 0 Å². The summed E-state index contributed by atoms with van der Waals surface area (Å²) in [6.45, 7) is 3.11. The van der Waals surface area contributed by atoms with Crippen molar-refractivity contribution in [3.63, 3.8) is 0 Å². The summed E-state index contributed by atoms with van der Waals surface area (Å²) in [5.74, 6) is 0. The van der Waals surface area contributed by atoms with Crippen molar-refractivity contribution < 1.29 is 0 Å². The number of hydrogen-bond acceptors (Lipinski definition) is 3. The van der Waals surface area contributed by atoms with Crippen LogP contribution < -0.4 is 5.32 Å². The Kier molecular flexibility index (Phi) is 2.08. The molecule has 0 spiro atoms. The van der Waals surface area contributed by atoms with Crippen LogP contribution in [0.2, 0.25) is 0 Å². The van der Waals surface area contributed by atoms with E-state index in [1.165, 1.54) is 15.7 Å². The zero-order valence-electron chi connectivity index (χ0n) is 8.53. The third-order valence-corrected chi connectivity index (χ3v) is 3.57. The molecule has 2 heterocycles. The highest BCUT2D eigenvalue weighted by atomic mass is 32.1. The lowest BCUT2D eigenvalue weighted by Crippen LogP contribution is -2.17. The van der Waals surface area contributed by atoms with Crippen LogP contribution in [0.1, 0.15) is 12.6 Å². The molecule has 3 rings (SSSR count). The van der Waals surface area contributed by atoms with Crippen molar-refractivity contribution >= 4 is 27.2 Å². The summed E-state index contributed by atoms with van der Waals surface area (Å²) in [7, 11) is 0. The fourth-order valence-electron chi connectivity index (χ4n) is 1.97. The third-order valence-electron chi connectivity index (χ3n) is 2.75. The Morgan fingerprint density at radius 3 is 3.07 bits per heavy atom. The fraction of sp³-hybridized carbons (Fsp3) is 0.250. The fourth-order valence-corrected chi connectivity index (χ4v) is 2.78. The molecule has 1 atom stereocenters. The molecule has 0 unspecified atom stereocenters. The molecule has 0 fully saturated rings. The molecule has 1 N–H and O–H groups in total. The predicted molar refractivity (Wildman–Crippen MR) is 65.1 cm³/mol. The first-order valence-electron chi connectivity index (χ1n) is 5.13. The number of rotatable bonds is 1. The Balaban J connectivity index is 2.15. The largest absolute Gasteiger partial charge is 0.307 e. The summed E-state index contributed by atoms with van der Waals surface area (Å²) >= 11 is 1.58. The maximum absolute atomic E-state index is 4.55. The monoisotopic (exact) mass is 216 g/mol. The van der Waals surface area contributed by atoms with E-state index in [2.05, 4.69) is 47.0 Å². The number of nitrogens with zero attached hydrogens (tertiary/aromatic N) is 1. The lowest BCUT2D eigenvalue weighted by molar-refractivity contribution is 0.728. The highest BCUT2D eigenvalue weighted by molar-refractivity contribution is 7.13. The standard InChI is InChI=1S/C12H12N2S/c1-8-6-9(7-13-8)12-10-4-2-3-5-11(10)15-14-12/h2-6,8,13H,7H2,1H3/t8-/m1/s1. The Bertz CT molecular complexity index is 527. The van der Waals surface area contributed by atoms with E-state index in [0.717, 1.165) is 12.2 Å². The molecule has 1 aliphatic rings. The Hall–Kier alpha value is -1.19. The molecule has 1 aromatic heterocycles. The molecular formula is C12H12N2S. The van der Waals surface area contributed by atoms with Gasteiger partial charge in [0.25, 0.3) is 0 Å². The molecule has 2 nitrogen and oxygen atoms in total. The highest BCUT2D eigenvalue weighted by Crippen LogP contribution is 2.28. The van der Waals surface area contributed by atoms with Crippen molar-refractivity contribution in [2.75, 3.05) is 6.54 Å². The molecule has 0 saturated carbocycles. The summed E-state index contributed by atoms with van der Waals surface area (Å²) in [5, 5.41) is 4.68. The first kappa shape index (κ1) is 9.07. The van der Waals surface area contributed by atoms with Crippen LogP contribution in [0.3, 0.4) is 0 Å². The summed E-state index contributed by atoms with van der Waals surface area (Å²) in [6.07, 6.45) is 2.27.